The average molecular weight is 563 g/mol. The molecule has 216 valence electrons. The largest absolute Gasteiger partial charge is 0.508 e. The number of aliphatic hydroxyl groups is 2. The Morgan fingerprint density at radius 3 is 2.42 bits per heavy atom. The summed E-state index contributed by atoms with van der Waals surface area (Å²) in [5.74, 6) is -1.42. The molecule has 2 unspecified atom stereocenters. The molecule has 1 amide bonds. The van der Waals surface area contributed by atoms with Crippen molar-refractivity contribution in [3.8, 4) is 5.75 Å². The van der Waals surface area contributed by atoms with Crippen LogP contribution in [-0.2, 0) is 37.0 Å². The highest BCUT2D eigenvalue weighted by Gasteiger charge is 2.31. The van der Waals surface area contributed by atoms with Gasteiger partial charge in [-0.25, -0.2) is 4.39 Å². The van der Waals surface area contributed by atoms with E-state index in [1.807, 2.05) is 31.2 Å². The number of alkyl halides is 3. The van der Waals surface area contributed by atoms with E-state index in [4.69, 9.17) is 0 Å². The van der Waals surface area contributed by atoms with Crippen LogP contribution in [0.2, 0.25) is 0 Å². The van der Waals surface area contributed by atoms with Crippen LogP contribution in [0.1, 0.15) is 52.6 Å². The molecule has 6 nitrogen and oxygen atoms in total. The summed E-state index contributed by atoms with van der Waals surface area (Å²) in [5.41, 5.74) is 1.96. The molecule has 0 aromatic heterocycles. The smallest absolute Gasteiger partial charge is 0.416 e. The van der Waals surface area contributed by atoms with Crippen molar-refractivity contribution in [2.75, 3.05) is 13.2 Å². The molecule has 0 heterocycles. The summed E-state index contributed by atoms with van der Waals surface area (Å²) in [6.45, 7) is 1.76. The van der Waals surface area contributed by atoms with Gasteiger partial charge in [-0.1, -0.05) is 30.3 Å². The summed E-state index contributed by atoms with van der Waals surface area (Å²) in [7, 11) is 0. The number of halogens is 4. The van der Waals surface area contributed by atoms with Gasteiger partial charge >= 0.3 is 6.18 Å². The number of amides is 1. The Hall–Kier alpha value is -3.47. The molecule has 3 aromatic carbocycles. The maximum Gasteiger partial charge on any atom is 0.416 e. The zero-order valence-corrected chi connectivity index (χ0v) is 22.1. The van der Waals surface area contributed by atoms with Crippen molar-refractivity contribution < 1.29 is 37.7 Å². The molecule has 0 bridgehead atoms. The van der Waals surface area contributed by atoms with Crippen molar-refractivity contribution >= 4 is 5.91 Å². The highest BCUT2D eigenvalue weighted by Crippen LogP contribution is 2.30. The van der Waals surface area contributed by atoms with E-state index in [1.165, 1.54) is 6.07 Å². The Kier molecular flexibility index (Phi) is 11.1. The van der Waals surface area contributed by atoms with E-state index in [0.29, 0.717) is 37.1 Å². The number of aryl methyl sites for hydroxylation is 1. The lowest BCUT2D eigenvalue weighted by molar-refractivity contribution is -0.137. The first-order valence-corrected chi connectivity index (χ1v) is 13.0. The van der Waals surface area contributed by atoms with Crippen LogP contribution in [0.15, 0.2) is 60.7 Å². The molecule has 3 aromatic rings. The van der Waals surface area contributed by atoms with E-state index >= 15 is 0 Å². The molecular formula is C30H34F4N2O4. The maximum atomic E-state index is 13.9. The molecule has 2 atom stereocenters. The zero-order valence-electron chi connectivity index (χ0n) is 22.1. The van der Waals surface area contributed by atoms with Crippen molar-refractivity contribution in [1.29, 1.82) is 0 Å². The van der Waals surface area contributed by atoms with Gasteiger partial charge in [0.15, 0.2) is 0 Å². The van der Waals surface area contributed by atoms with Gasteiger partial charge in [0.2, 0.25) is 5.91 Å². The topological polar surface area (TPSA) is 102 Å². The van der Waals surface area contributed by atoms with Crippen LogP contribution in [0.4, 0.5) is 17.6 Å². The normalized spacial score (nSPS) is 13.2. The lowest BCUT2D eigenvalue weighted by Crippen LogP contribution is -2.33. The predicted molar refractivity (Wildman–Crippen MR) is 143 cm³/mol. The molecule has 0 saturated carbocycles. The highest BCUT2D eigenvalue weighted by atomic mass is 19.4. The van der Waals surface area contributed by atoms with E-state index in [1.54, 1.807) is 12.1 Å². The molecule has 0 saturated heterocycles. The van der Waals surface area contributed by atoms with Crippen molar-refractivity contribution in [2.45, 2.75) is 57.5 Å². The molecule has 0 aliphatic rings. The Bertz CT molecular complexity index is 1280. The summed E-state index contributed by atoms with van der Waals surface area (Å²) in [6.07, 6.45) is -3.40. The lowest BCUT2D eigenvalue weighted by atomic mass is 9.96. The third-order valence-electron chi connectivity index (χ3n) is 6.70. The third-order valence-corrected chi connectivity index (χ3v) is 6.70. The first-order chi connectivity index (χ1) is 19.0. The minimum Gasteiger partial charge on any atom is -0.508 e. The van der Waals surface area contributed by atoms with Gasteiger partial charge in [-0.3, -0.25) is 4.79 Å². The number of hydrogen-bond donors (Lipinski definition) is 5. The lowest BCUT2D eigenvalue weighted by Gasteiger charge is -2.20. The van der Waals surface area contributed by atoms with E-state index < -0.39 is 23.5 Å². The highest BCUT2D eigenvalue weighted by molar-refractivity contribution is 5.76. The van der Waals surface area contributed by atoms with Gasteiger partial charge < -0.3 is 26.0 Å². The molecule has 0 aliphatic carbocycles. The maximum absolute atomic E-state index is 13.9. The zero-order chi connectivity index (χ0) is 29.3. The number of rotatable bonds is 13. The third kappa shape index (κ3) is 9.04. The molecule has 0 aliphatic heterocycles. The molecule has 0 spiro atoms. The minimum atomic E-state index is -4.60. The molecule has 40 heavy (non-hydrogen) atoms. The Labute approximate surface area is 230 Å². The number of aliphatic hydroxyl groups excluding tert-OH is 2. The van der Waals surface area contributed by atoms with Crippen LogP contribution in [0.5, 0.6) is 5.75 Å². The van der Waals surface area contributed by atoms with Gasteiger partial charge in [-0.05, 0) is 66.8 Å². The van der Waals surface area contributed by atoms with Crippen molar-refractivity contribution in [1.82, 2.24) is 10.6 Å². The molecule has 0 radical (unpaired) electrons. The second-order valence-corrected chi connectivity index (χ2v) is 9.84. The van der Waals surface area contributed by atoms with Gasteiger partial charge in [0.05, 0.1) is 18.8 Å². The number of aromatic hydroxyl groups is 1. The summed E-state index contributed by atoms with van der Waals surface area (Å²) >= 11 is 0. The molecule has 5 N–H and O–H groups in total. The van der Waals surface area contributed by atoms with Crippen LogP contribution in [-0.4, -0.2) is 40.4 Å². The number of nitrogens with one attached hydrogen (secondary N) is 2. The van der Waals surface area contributed by atoms with Crippen LogP contribution < -0.4 is 10.6 Å². The first-order valence-electron chi connectivity index (χ1n) is 13.0. The number of hydrogen-bond acceptors (Lipinski definition) is 5. The standard InChI is InChI=1S/C30H34F4N2O4/c1-19(35-16-25(18-38)22-6-9-28(39)24(13-22)17-37)11-21-4-2-3-20(12-21)5-10-29(40)36-15-23-14-26(30(32,33)34)7-8-27(23)31/h2-4,6-9,12-14,19,25,35,37-39H,5,10-11,15-18H2,1H3,(H,36,40). The van der Waals surface area contributed by atoms with Crippen LogP contribution in [0.25, 0.3) is 0 Å². The quantitative estimate of drug-likeness (QED) is 0.196. The second-order valence-electron chi connectivity index (χ2n) is 9.84. The number of benzene rings is 3. The van der Waals surface area contributed by atoms with Crippen molar-refractivity contribution in [3.63, 3.8) is 0 Å². The van der Waals surface area contributed by atoms with E-state index in [2.05, 4.69) is 10.6 Å². The summed E-state index contributed by atoms with van der Waals surface area (Å²) in [5, 5.41) is 34.9. The molecule has 10 heteroatoms. The van der Waals surface area contributed by atoms with E-state index in [0.717, 1.165) is 22.8 Å². The van der Waals surface area contributed by atoms with E-state index in [9.17, 15) is 37.7 Å². The Balaban J connectivity index is 1.48. The number of phenols is 1. The Morgan fingerprint density at radius 2 is 1.73 bits per heavy atom. The fourth-order valence-corrected chi connectivity index (χ4v) is 4.38. The average Bonchev–Trinajstić information content (AvgIpc) is 2.92. The van der Waals surface area contributed by atoms with Crippen molar-refractivity contribution in [3.05, 3.63) is 99.9 Å². The van der Waals surface area contributed by atoms with Crippen molar-refractivity contribution in [2.24, 2.45) is 0 Å². The molecular weight excluding hydrogens is 528 g/mol. The van der Waals surface area contributed by atoms with Crippen LogP contribution in [0, 0.1) is 5.82 Å². The van der Waals surface area contributed by atoms with Gasteiger partial charge in [0.25, 0.3) is 0 Å². The minimum absolute atomic E-state index is 0.00578. The van der Waals surface area contributed by atoms with E-state index in [-0.39, 0.29) is 49.5 Å². The van der Waals surface area contributed by atoms with Crippen LogP contribution >= 0.6 is 0 Å². The fourth-order valence-electron chi connectivity index (χ4n) is 4.38. The summed E-state index contributed by atoms with van der Waals surface area (Å²) in [6, 6.07) is 14.8. The second kappa shape index (κ2) is 14.2. The predicted octanol–water partition coefficient (Wildman–Crippen LogP) is 4.59. The van der Waals surface area contributed by atoms with Crippen LogP contribution in [0.3, 0.4) is 0 Å². The molecule has 3 rings (SSSR count). The van der Waals surface area contributed by atoms with Gasteiger partial charge in [-0.2, -0.15) is 13.2 Å². The summed E-state index contributed by atoms with van der Waals surface area (Å²) < 4.78 is 52.6. The summed E-state index contributed by atoms with van der Waals surface area (Å²) in [4.78, 5) is 12.3. The number of carbonyl (C=O) groups is 1. The number of carbonyl (C=O) groups excluding carboxylic acids is 1. The first kappa shape index (κ1) is 31.1. The fraction of sp³-hybridized carbons (Fsp3) is 0.367. The monoisotopic (exact) mass is 562 g/mol. The van der Waals surface area contributed by atoms with Gasteiger partial charge in [0, 0.05) is 42.6 Å². The van der Waals surface area contributed by atoms with Gasteiger partial charge in [-0.15, -0.1) is 0 Å². The molecule has 0 fully saturated rings. The SMILES string of the molecule is CC(Cc1cccc(CCC(=O)NCc2cc(C(F)(F)F)ccc2F)c1)NCC(CO)c1ccc(O)c(CO)c1. The van der Waals surface area contributed by atoms with Gasteiger partial charge in [0.1, 0.15) is 11.6 Å². The Morgan fingerprint density at radius 1 is 0.975 bits per heavy atom.